The first-order chi connectivity index (χ1) is 7.65. The Bertz CT molecular complexity index is 309. The molecule has 0 saturated heterocycles. The summed E-state index contributed by atoms with van der Waals surface area (Å²) in [7, 11) is 0. The van der Waals surface area contributed by atoms with E-state index in [0.29, 0.717) is 13.1 Å². The molecule has 4 N–H and O–H groups in total. The first-order valence-corrected chi connectivity index (χ1v) is 4.90. The van der Waals surface area contributed by atoms with Crippen molar-refractivity contribution in [1.82, 2.24) is 15.8 Å². The van der Waals surface area contributed by atoms with Gasteiger partial charge in [0.1, 0.15) is 0 Å². The minimum absolute atomic E-state index is 0.0662. The van der Waals surface area contributed by atoms with E-state index in [4.69, 9.17) is 5.73 Å². The van der Waals surface area contributed by atoms with Crippen LogP contribution in [0.5, 0.6) is 0 Å². The Balaban J connectivity index is 2.22. The lowest BCUT2D eigenvalue weighted by molar-refractivity contribution is -0.137. The molecule has 7 nitrogen and oxygen atoms in total. The molecule has 3 amide bonds. The molecule has 88 valence electrons. The number of carbonyl (C=O) groups is 3. The molecule has 0 unspecified atom stereocenters. The summed E-state index contributed by atoms with van der Waals surface area (Å²) in [5.74, 6) is -1.05. The predicted molar refractivity (Wildman–Crippen MR) is 55.7 cm³/mol. The molecule has 0 aromatic heterocycles. The lowest BCUT2D eigenvalue weighted by Crippen LogP contribution is -2.42. The molecule has 0 saturated carbocycles. The maximum absolute atomic E-state index is 11.2. The molecule has 7 heteroatoms. The number of carbonyl (C=O) groups excluding carboxylic acids is 3. The standard InChI is InChI=1S/C9H14N4O3/c10-4-5-11-12-7(14)3-6-13-8(15)1-2-9(13)16/h1-2,11H,3-6,10H2,(H,12,14). The van der Waals surface area contributed by atoms with Crippen LogP contribution in [0.1, 0.15) is 6.42 Å². The smallest absolute Gasteiger partial charge is 0.253 e. The minimum atomic E-state index is -0.382. The van der Waals surface area contributed by atoms with Gasteiger partial charge in [0.05, 0.1) is 0 Å². The Kier molecular flexibility index (Phi) is 4.62. The monoisotopic (exact) mass is 226 g/mol. The molecule has 1 aliphatic heterocycles. The Morgan fingerprint density at radius 2 is 1.94 bits per heavy atom. The summed E-state index contributed by atoms with van der Waals surface area (Å²) in [6.45, 7) is 0.961. The van der Waals surface area contributed by atoms with E-state index in [0.717, 1.165) is 4.90 Å². The van der Waals surface area contributed by atoms with Gasteiger partial charge in [-0.05, 0) is 0 Å². The largest absolute Gasteiger partial charge is 0.329 e. The van der Waals surface area contributed by atoms with Crippen molar-refractivity contribution in [3.8, 4) is 0 Å². The minimum Gasteiger partial charge on any atom is -0.329 e. The van der Waals surface area contributed by atoms with Crippen molar-refractivity contribution in [3.63, 3.8) is 0 Å². The van der Waals surface area contributed by atoms with Crippen LogP contribution in [-0.2, 0) is 14.4 Å². The number of amides is 3. The number of hydrazine groups is 1. The first kappa shape index (κ1) is 12.3. The van der Waals surface area contributed by atoms with Gasteiger partial charge in [-0.2, -0.15) is 0 Å². The molecule has 1 rings (SSSR count). The van der Waals surface area contributed by atoms with E-state index >= 15 is 0 Å². The summed E-state index contributed by atoms with van der Waals surface area (Å²) in [6.07, 6.45) is 2.44. The lowest BCUT2D eigenvalue weighted by Gasteiger charge is -2.13. The van der Waals surface area contributed by atoms with Crippen molar-refractivity contribution in [3.05, 3.63) is 12.2 Å². The molecule has 1 heterocycles. The number of imide groups is 1. The quantitative estimate of drug-likeness (QED) is 0.273. The number of nitrogens with zero attached hydrogens (tertiary/aromatic N) is 1. The second-order valence-electron chi connectivity index (χ2n) is 3.18. The zero-order chi connectivity index (χ0) is 12.0. The van der Waals surface area contributed by atoms with Crippen molar-refractivity contribution in [2.45, 2.75) is 6.42 Å². The molecule has 0 radical (unpaired) electrons. The topological polar surface area (TPSA) is 105 Å². The Labute approximate surface area is 92.6 Å². The van der Waals surface area contributed by atoms with E-state index in [-0.39, 0.29) is 30.7 Å². The molecular weight excluding hydrogens is 212 g/mol. The highest BCUT2D eigenvalue weighted by Gasteiger charge is 2.23. The number of nitrogens with two attached hydrogens (primary N) is 1. The van der Waals surface area contributed by atoms with Crippen molar-refractivity contribution < 1.29 is 14.4 Å². The van der Waals surface area contributed by atoms with Gasteiger partial charge < -0.3 is 5.73 Å². The molecule has 0 bridgehead atoms. The summed E-state index contributed by atoms with van der Waals surface area (Å²) in [6, 6.07) is 0. The molecule has 0 aromatic carbocycles. The van der Waals surface area contributed by atoms with Crippen LogP contribution in [0.2, 0.25) is 0 Å². The van der Waals surface area contributed by atoms with E-state index < -0.39 is 0 Å². The van der Waals surface area contributed by atoms with Crippen LogP contribution >= 0.6 is 0 Å². The second-order valence-corrected chi connectivity index (χ2v) is 3.18. The fourth-order valence-electron chi connectivity index (χ4n) is 1.16. The zero-order valence-corrected chi connectivity index (χ0v) is 8.73. The van der Waals surface area contributed by atoms with Crippen molar-refractivity contribution >= 4 is 17.7 Å². The van der Waals surface area contributed by atoms with Crippen LogP contribution in [0.25, 0.3) is 0 Å². The molecule has 0 aliphatic carbocycles. The molecule has 16 heavy (non-hydrogen) atoms. The van der Waals surface area contributed by atoms with Crippen LogP contribution in [0.15, 0.2) is 12.2 Å². The van der Waals surface area contributed by atoms with Crippen LogP contribution in [0.4, 0.5) is 0 Å². The predicted octanol–water partition coefficient (Wildman–Crippen LogP) is -2.12. The van der Waals surface area contributed by atoms with Gasteiger partial charge in [0.25, 0.3) is 11.8 Å². The highest BCUT2D eigenvalue weighted by atomic mass is 16.2. The van der Waals surface area contributed by atoms with Crippen molar-refractivity contribution in [1.29, 1.82) is 0 Å². The third-order valence-electron chi connectivity index (χ3n) is 1.96. The third-order valence-corrected chi connectivity index (χ3v) is 1.96. The number of hydrogen-bond donors (Lipinski definition) is 3. The summed E-state index contributed by atoms with van der Waals surface area (Å²) >= 11 is 0. The average Bonchev–Trinajstić information content (AvgIpc) is 2.57. The lowest BCUT2D eigenvalue weighted by atomic mass is 10.3. The Morgan fingerprint density at radius 3 is 2.50 bits per heavy atom. The van der Waals surface area contributed by atoms with Gasteiger partial charge in [-0.3, -0.25) is 24.7 Å². The molecule has 0 fully saturated rings. The number of rotatable bonds is 6. The van der Waals surface area contributed by atoms with E-state index in [1.807, 2.05) is 0 Å². The number of hydrogen-bond acceptors (Lipinski definition) is 5. The van der Waals surface area contributed by atoms with Gasteiger partial charge in [0, 0.05) is 38.2 Å². The number of nitrogens with one attached hydrogen (secondary N) is 2. The fourth-order valence-corrected chi connectivity index (χ4v) is 1.16. The second kappa shape index (κ2) is 5.99. The van der Waals surface area contributed by atoms with Gasteiger partial charge in [-0.25, -0.2) is 5.43 Å². The van der Waals surface area contributed by atoms with E-state index in [9.17, 15) is 14.4 Å². The molecule has 0 atom stereocenters. The summed E-state index contributed by atoms with van der Waals surface area (Å²) < 4.78 is 0. The Hall–Kier alpha value is -1.73. The highest BCUT2D eigenvalue weighted by Crippen LogP contribution is 2.03. The van der Waals surface area contributed by atoms with Crippen LogP contribution in [0, 0.1) is 0 Å². The average molecular weight is 226 g/mol. The van der Waals surface area contributed by atoms with Gasteiger partial charge in [0.2, 0.25) is 5.91 Å². The van der Waals surface area contributed by atoms with E-state index in [2.05, 4.69) is 10.9 Å². The molecule has 0 spiro atoms. The maximum Gasteiger partial charge on any atom is 0.253 e. The van der Waals surface area contributed by atoms with Crippen LogP contribution in [0.3, 0.4) is 0 Å². The van der Waals surface area contributed by atoms with E-state index in [1.54, 1.807) is 0 Å². The van der Waals surface area contributed by atoms with Crippen molar-refractivity contribution in [2.24, 2.45) is 5.73 Å². The first-order valence-electron chi connectivity index (χ1n) is 4.90. The normalized spacial score (nSPS) is 14.7. The summed E-state index contributed by atoms with van der Waals surface area (Å²) in [5, 5.41) is 0. The Morgan fingerprint density at radius 1 is 1.31 bits per heavy atom. The van der Waals surface area contributed by atoms with Crippen LogP contribution in [-0.4, -0.2) is 42.3 Å². The fraction of sp³-hybridized carbons (Fsp3) is 0.444. The highest BCUT2D eigenvalue weighted by molar-refractivity contribution is 6.13. The molecular formula is C9H14N4O3. The van der Waals surface area contributed by atoms with Crippen molar-refractivity contribution in [2.75, 3.05) is 19.6 Å². The van der Waals surface area contributed by atoms with Gasteiger partial charge in [-0.1, -0.05) is 0 Å². The molecule has 1 aliphatic rings. The van der Waals surface area contributed by atoms with Gasteiger partial charge >= 0.3 is 0 Å². The summed E-state index contributed by atoms with van der Waals surface area (Å²) in [5.41, 5.74) is 10.2. The third kappa shape index (κ3) is 3.44. The summed E-state index contributed by atoms with van der Waals surface area (Å²) in [4.78, 5) is 34.4. The molecule has 0 aromatic rings. The maximum atomic E-state index is 11.2. The van der Waals surface area contributed by atoms with E-state index in [1.165, 1.54) is 12.2 Å². The van der Waals surface area contributed by atoms with Gasteiger partial charge in [0.15, 0.2) is 0 Å². The zero-order valence-electron chi connectivity index (χ0n) is 8.73. The van der Waals surface area contributed by atoms with Crippen LogP contribution < -0.4 is 16.6 Å². The SMILES string of the molecule is NCCNNC(=O)CCN1C(=O)C=CC1=O. The van der Waals surface area contributed by atoms with Gasteiger partial charge in [-0.15, -0.1) is 0 Å².